The zero-order valence-corrected chi connectivity index (χ0v) is 17.2. The second-order valence-corrected chi connectivity index (χ2v) is 9.04. The van der Waals surface area contributed by atoms with Crippen LogP contribution in [0.25, 0.3) is 0 Å². The normalized spacial score (nSPS) is 26.5. The molecule has 0 aromatic heterocycles. The van der Waals surface area contributed by atoms with Crippen molar-refractivity contribution in [3.8, 4) is 12.1 Å². The molecule has 3 aliphatic carbocycles. The highest BCUT2D eigenvalue weighted by Gasteiger charge is 2.49. The molecule has 1 aromatic rings. The molecule has 0 N–H and O–H groups in total. The monoisotopic (exact) mass is 362 g/mol. The fourth-order valence-corrected chi connectivity index (χ4v) is 5.77. The van der Waals surface area contributed by atoms with Gasteiger partial charge in [0.1, 0.15) is 12.1 Å². The minimum Gasteiger partial charge on any atom is -0.192 e. The molecule has 0 aliphatic heterocycles. The smallest absolute Gasteiger partial charge is 0.101 e. The lowest BCUT2D eigenvalue weighted by Crippen LogP contribution is -2.44. The van der Waals surface area contributed by atoms with E-state index in [0.717, 1.165) is 12.0 Å². The van der Waals surface area contributed by atoms with Crippen molar-refractivity contribution in [3.63, 3.8) is 0 Å². The van der Waals surface area contributed by atoms with E-state index in [0.29, 0.717) is 16.5 Å². The van der Waals surface area contributed by atoms with Crippen LogP contribution in [0.3, 0.4) is 0 Å². The summed E-state index contributed by atoms with van der Waals surface area (Å²) in [5.41, 5.74) is 4.21. The maximum Gasteiger partial charge on any atom is 0.101 e. The molecule has 27 heavy (non-hydrogen) atoms. The van der Waals surface area contributed by atoms with Gasteiger partial charge in [0.2, 0.25) is 0 Å². The molecule has 0 saturated heterocycles. The molecule has 2 nitrogen and oxygen atoms in total. The zero-order valence-electron chi connectivity index (χ0n) is 17.2. The van der Waals surface area contributed by atoms with Gasteiger partial charge in [0.15, 0.2) is 0 Å². The van der Waals surface area contributed by atoms with Gasteiger partial charge in [-0.2, -0.15) is 10.5 Å². The summed E-state index contributed by atoms with van der Waals surface area (Å²) in [4.78, 5) is 0. The van der Waals surface area contributed by atoms with E-state index in [1.54, 1.807) is 0 Å². The Hall–Kier alpha value is -1.80. The van der Waals surface area contributed by atoms with E-state index in [4.69, 9.17) is 0 Å². The molecule has 0 heterocycles. The molecule has 1 aromatic carbocycles. The number of fused-ring (bicyclic) bond motifs is 3. The molecule has 2 bridgehead atoms. The van der Waals surface area contributed by atoms with E-state index < -0.39 is 0 Å². The summed E-state index contributed by atoms with van der Waals surface area (Å²) in [5, 5.41) is 19.5. The van der Waals surface area contributed by atoms with Crippen LogP contribution >= 0.6 is 0 Å². The van der Waals surface area contributed by atoms with Crippen LogP contribution in [0, 0.1) is 28.1 Å². The van der Waals surface area contributed by atoms with Gasteiger partial charge >= 0.3 is 0 Å². The van der Waals surface area contributed by atoms with Gasteiger partial charge < -0.3 is 0 Å². The van der Waals surface area contributed by atoms with Crippen LogP contribution in [-0.2, 0) is 11.8 Å². The second kappa shape index (κ2) is 8.48. The van der Waals surface area contributed by atoms with E-state index >= 15 is 0 Å². The summed E-state index contributed by atoms with van der Waals surface area (Å²) in [5.74, 6) is 0. The number of rotatable bonds is 8. The molecular formula is C25H34N2. The molecule has 0 amide bonds. The molecule has 4 rings (SSSR count). The first-order valence-corrected chi connectivity index (χ1v) is 11.1. The van der Waals surface area contributed by atoms with Gasteiger partial charge in [0, 0.05) is 0 Å². The Morgan fingerprint density at radius 2 is 1.44 bits per heavy atom. The van der Waals surface area contributed by atoms with Crippen molar-refractivity contribution in [2.24, 2.45) is 5.41 Å². The summed E-state index contributed by atoms with van der Waals surface area (Å²) >= 11 is 0. The fourth-order valence-electron chi connectivity index (χ4n) is 5.77. The van der Waals surface area contributed by atoms with Crippen molar-refractivity contribution in [1.29, 1.82) is 10.5 Å². The minimum absolute atomic E-state index is 0.146. The largest absolute Gasteiger partial charge is 0.192 e. The Bertz CT molecular complexity index is 722. The third-order valence-electron chi connectivity index (χ3n) is 7.68. The molecule has 0 radical (unpaired) electrons. The van der Waals surface area contributed by atoms with Gasteiger partial charge in [-0.1, -0.05) is 58.1 Å². The average Bonchev–Trinajstić information content (AvgIpc) is 2.73. The average molecular weight is 363 g/mol. The first-order valence-electron chi connectivity index (χ1n) is 11.1. The quantitative estimate of drug-likeness (QED) is 0.470. The van der Waals surface area contributed by atoms with Crippen molar-refractivity contribution in [3.05, 3.63) is 34.4 Å². The first kappa shape index (κ1) is 19.9. The summed E-state index contributed by atoms with van der Waals surface area (Å²) < 4.78 is 0. The summed E-state index contributed by atoms with van der Waals surface area (Å²) in [6, 6.07) is 9.02. The Labute approximate surface area is 165 Å². The molecule has 3 fully saturated rings. The van der Waals surface area contributed by atoms with Gasteiger partial charge in [-0.05, 0) is 73.3 Å². The molecule has 0 unspecified atom stereocenters. The predicted molar refractivity (Wildman–Crippen MR) is 110 cm³/mol. The number of hydrogen-bond donors (Lipinski definition) is 0. The predicted octanol–water partition coefficient (Wildman–Crippen LogP) is 6.94. The van der Waals surface area contributed by atoms with Crippen molar-refractivity contribution in [1.82, 2.24) is 0 Å². The Kier molecular flexibility index (Phi) is 6.26. The van der Waals surface area contributed by atoms with Gasteiger partial charge in [-0.15, -0.1) is 0 Å². The highest BCUT2D eigenvalue weighted by molar-refractivity contribution is 5.57. The maximum absolute atomic E-state index is 9.84. The third-order valence-corrected chi connectivity index (χ3v) is 7.68. The SMILES string of the molecule is CCCCCCCC12CCC(c3ccc(CC)c(C#N)c3C#N)(CC1)CC2. The van der Waals surface area contributed by atoms with E-state index in [9.17, 15) is 10.5 Å². The second-order valence-electron chi connectivity index (χ2n) is 9.04. The van der Waals surface area contributed by atoms with Gasteiger partial charge in [-0.3, -0.25) is 0 Å². The lowest BCUT2D eigenvalue weighted by molar-refractivity contribution is 0.0303. The lowest BCUT2D eigenvalue weighted by Gasteiger charge is -2.54. The van der Waals surface area contributed by atoms with E-state index in [-0.39, 0.29) is 5.41 Å². The first-order chi connectivity index (χ1) is 13.1. The highest BCUT2D eigenvalue weighted by Crippen LogP contribution is 2.60. The van der Waals surface area contributed by atoms with Crippen LogP contribution in [0.5, 0.6) is 0 Å². The van der Waals surface area contributed by atoms with Crippen molar-refractivity contribution in [2.75, 3.05) is 0 Å². The van der Waals surface area contributed by atoms with E-state index in [1.807, 2.05) is 0 Å². The van der Waals surface area contributed by atoms with Crippen LogP contribution in [-0.4, -0.2) is 0 Å². The summed E-state index contributed by atoms with van der Waals surface area (Å²) in [7, 11) is 0. The maximum atomic E-state index is 9.84. The van der Waals surface area contributed by atoms with Crippen molar-refractivity contribution < 1.29 is 0 Å². The molecule has 3 saturated carbocycles. The van der Waals surface area contributed by atoms with Crippen LogP contribution in [0.2, 0.25) is 0 Å². The van der Waals surface area contributed by atoms with E-state index in [1.165, 1.54) is 82.6 Å². The lowest BCUT2D eigenvalue weighted by atomic mass is 9.50. The van der Waals surface area contributed by atoms with Crippen LogP contribution in [0.1, 0.15) is 113 Å². The molecule has 2 heteroatoms. The van der Waals surface area contributed by atoms with Gasteiger partial charge in [0.25, 0.3) is 0 Å². The summed E-state index contributed by atoms with van der Waals surface area (Å²) in [6.07, 6.45) is 16.6. The Morgan fingerprint density at radius 1 is 0.815 bits per heavy atom. The fraction of sp³-hybridized carbons (Fsp3) is 0.680. The van der Waals surface area contributed by atoms with Crippen LogP contribution in [0.15, 0.2) is 12.1 Å². The number of hydrogen-bond acceptors (Lipinski definition) is 2. The number of nitriles is 2. The number of aryl methyl sites for hydroxylation is 1. The highest BCUT2D eigenvalue weighted by atomic mass is 14.5. The number of unbranched alkanes of at least 4 members (excludes halogenated alkanes) is 4. The zero-order chi connectivity index (χ0) is 19.3. The number of benzene rings is 1. The third kappa shape index (κ3) is 3.78. The standard InChI is InChI=1S/C25H34N2/c1-3-5-6-7-8-11-24-12-15-25(16-13-24,17-14-24)23-10-9-20(4-2)21(18-26)22(23)19-27/h9-10H,3-8,11-17H2,1-2H3. The molecule has 0 atom stereocenters. The van der Waals surface area contributed by atoms with E-state index in [2.05, 4.69) is 38.1 Å². The molecule has 144 valence electrons. The Balaban J connectivity index is 1.75. The molecule has 0 spiro atoms. The Morgan fingerprint density at radius 3 is 2.00 bits per heavy atom. The number of nitrogens with zero attached hydrogens (tertiary/aromatic N) is 2. The van der Waals surface area contributed by atoms with Crippen LogP contribution in [0.4, 0.5) is 0 Å². The van der Waals surface area contributed by atoms with Gasteiger partial charge in [0.05, 0.1) is 11.1 Å². The molecule has 3 aliphatic rings. The van der Waals surface area contributed by atoms with Crippen molar-refractivity contribution in [2.45, 2.75) is 103 Å². The van der Waals surface area contributed by atoms with Crippen molar-refractivity contribution >= 4 is 0 Å². The molecular weight excluding hydrogens is 328 g/mol. The minimum atomic E-state index is 0.146. The van der Waals surface area contributed by atoms with Gasteiger partial charge in [-0.25, -0.2) is 0 Å². The summed E-state index contributed by atoms with van der Waals surface area (Å²) in [6.45, 7) is 4.34. The topological polar surface area (TPSA) is 47.6 Å². The van der Waals surface area contributed by atoms with Crippen LogP contribution < -0.4 is 0 Å².